The van der Waals surface area contributed by atoms with Crippen molar-refractivity contribution in [2.75, 3.05) is 19.7 Å². The average molecular weight is 253 g/mol. The fourth-order valence-electron chi connectivity index (χ4n) is 2.63. The number of hydrogen-bond acceptors (Lipinski definition) is 4. The molecule has 2 heterocycles. The highest BCUT2D eigenvalue weighted by Gasteiger charge is 2.47. The molecule has 5 nitrogen and oxygen atoms in total. The standard InChI is InChI=1S/C13H19NO4/c1-3-9(2)13(16)18-8-10-4-6-14(17)7-5-11(15)12(10)14/h3-4,11-12,15H,5-8H2,1-2H3/t11-,12-,14?/m1/s1. The Morgan fingerprint density at radius 2 is 2.44 bits per heavy atom. The summed E-state index contributed by atoms with van der Waals surface area (Å²) in [5, 5.41) is 22.1. The van der Waals surface area contributed by atoms with E-state index < -0.39 is 16.8 Å². The summed E-state index contributed by atoms with van der Waals surface area (Å²) < 4.78 is 4.75. The Morgan fingerprint density at radius 1 is 1.72 bits per heavy atom. The molecule has 18 heavy (non-hydrogen) atoms. The molecule has 1 saturated heterocycles. The van der Waals surface area contributed by atoms with Gasteiger partial charge in [0.05, 0.1) is 13.1 Å². The van der Waals surface area contributed by atoms with E-state index in [2.05, 4.69) is 0 Å². The van der Waals surface area contributed by atoms with Crippen molar-refractivity contribution < 1.29 is 19.3 Å². The lowest BCUT2D eigenvalue weighted by atomic mass is 10.1. The third-order valence-corrected chi connectivity index (χ3v) is 3.84. The number of hydroxylamine groups is 3. The highest BCUT2D eigenvalue weighted by Crippen LogP contribution is 2.36. The molecule has 0 bridgehead atoms. The summed E-state index contributed by atoms with van der Waals surface area (Å²) >= 11 is 0. The molecule has 2 aliphatic rings. The van der Waals surface area contributed by atoms with Crippen LogP contribution in [0.5, 0.6) is 0 Å². The van der Waals surface area contributed by atoms with Crippen molar-refractivity contribution in [1.29, 1.82) is 0 Å². The number of aliphatic hydroxyl groups is 1. The molecule has 0 amide bonds. The van der Waals surface area contributed by atoms with Crippen LogP contribution < -0.4 is 0 Å². The van der Waals surface area contributed by atoms with Crippen molar-refractivity contribution in [3.8, 4) is 0 Å². The summed E-state index contributed by atoms with van der Waals surface area (Å²) in [4.78, 5) is 11.5. The van der Waals surface area contributed by atoms with Crippen molar-refractivity contribution in [2.24, 2.45) is 0 Å². The summed E-state index contributed by atoms with van der Waals surface area (Å²) in [6.07, 6.45) is 3.40. The van der Waals surface area contributed by atoms with Crippen LogP contribution in [-0.2, 0) is 9.53 Å². The third kappa shape index (κ3) is 2.21. The first-order valence-corrected chi connectivity index (χ1v) is 6.23. The fraction of sp³-hybridized carbons (Fsp3) is 0.615. The largest absolute Gasteiger partial charge is 0.632 e. The minimum absolute atomic E-state index is 0.105. The second kappa shape index (κ2) is 4.84. The van der Waals surface area contributed by atoms with Crippen LogP contribution >= 0.6 is 0 Å². The van der Waals surface area contributed by atoms with Crippen molar-refractivity contribution in [3.63, 3.8) is 0 Å². The van der Waals surface area contributed by atoms with Crippen LogP contribution in [0.3, 0.4) is 0 Å². The molecule has 0 aromatic heterocycles. The predicted molar refractivity (Wildman–Crippen MR) is 66.2 cm³/mol. The Balaban J connectivity index is 1.97. The number of fused-ring (bicyclic) bond motifs is 1. The van der Waals surface area contributed by atoms with Gasteiger partial charge in [-0.3, -0.25) is 0 Å². The van der Waals surface area contributed by atoms with Gasteiger partial charge in [-0.1, -0.05) is 6.08 Å². The van der Waals surface area contributed by atoms with Crippen molar-refractivity contribution in [1.82, 2.24) is 0 Å². The summed E-state index contributed by atoms with van der Waals surface area (Å²) in [6.45, 7) is 4.37. The SMILES string of the molecule is CC=C(C)C(=O)OCC1=CC[N+]2([O-])CC[C@@H](O)[C@@H]12. The van der Waals surface area contributed by atoms with Gasteiger partial charge in [0.15, 0.2) is 0 Å². The van der Waals surface area contributed by atoms with E-state index in [9.17, 15) is 15.1 Å². The number of allylic oxidation sites excluding steroid dienone is 1. The van der Waals surface area contributed by atoms with Gasteiger partial charge in [0.2, 0.25) is 0 Å². The van der Waals surface area contributed by atoms with E-state index in [0.29, 0.717) is 25.1 Å². The van der Waals surface area contributed by atoms with Gasteiger partial charge in [0.25, 0.3) is 0 Å². The van der Waals surface area contributed by atoms with Crippen molar-refractivity contribution in [3.05, 3.63) is 28.5 Å². The first-order valence-electron chi connectivity index (χ1n) is 6.23. The second-order valence-corrected chi connectivity index (χ2v) is 4.99. The number of carbonyl (C=O) groups is 1. The topological polar surface area (TPSA) is 69.6 Å². The zero-order chi connectivity index (χ0) is 13.3. The number of esters is 1. The van der Waals surface area contributed by atoms with Crippen molar-refractivity contribution >= 4 is 5.97 Å². The molecule has 0 aromatic carbocycles. The molecule has 5 heteroatoms. The maximum absolute atomic E-state index is 12.3. The number of ether oxygens (including phenoxy) is 1. The first-order chi connectivity index (χ1) is 8.48. The van der Waals surface area contributed by atoms with Gasteiger partial charge in [-0.2, -0.15) is 0 Å². The van der Waals surface area contributed by atoms with Crippen LogP contribution in [0.25, 0.3) is 0 Å². The quantitative estimate of drug-likeness (QED) is 0.266. The van der Waals surface area contributed by atoms with E-state index in [0.717, 1.165) is 5.57 Å². The fourth-order valence-corrected chi connectivity index (χ4v) is 2.63. The van der Waals surface area contributed by atoms with Gasteiger partial charge >= 0.3 is 5.97 Å². The van der Waals surface area contributed by atoms with Crippen LogP contribution in [0.4, 0.5) is 0 Å². The van der Waals surface area contributed by atoms with Gasteiger partial charge in [0, 0.05) is 17.6 Å². The maximum Gasteiger partial charge on any atom is 0.333 e. The molecule has 1 fully saturated rings. The van der Waals surface area contributed by atoms with E-state index in [1.54, 1.807) is 26.0 Å². The van der Waals surface area contributed by atoms with Gasteiger partial charge in [-0.05, 0) is 19.9 Å². The lowest BCUT2D eigenvalue weighted by Crippen LogP contribution is -2.46. The number of nitrogens with zero attached hydrogens (tertiary/aromatic N) is 1. The van der Waals surface area contributed by atoms with Crippen molar-refractivity contribution in [2.45, 2.75) is 32.4 Å². The van der Waals surface area contributed by atoms with Gasteiger partial charge < -0.3 is 19.7 Å². The lowest BCUT2D eigenvalue weighted by Gasteiger charge is -2.40. The van der Waals surface area contributed by atoms with E-state index in [4.69, 9.17) is 4.74 Å². The number of rotatable bonds is 3. The van der Waals surface area contributed by atoms with Crippen LogP contribution in [0.15, 0.2) is 23.3 Å². The molecule has 3 atom stereocenters. The van der Waals surface area contributed by atoms with Gasteiger partial charge in [-0.25, -0.2) is 4.79 Å². The normalized spacial score (nSPS) is 35.3. The molecule has 2 aliphatic heterocycles. The smallest absolute Gasteiger partial charge is 0.333 e. The molecular weight excluding hydrogens is 234 g/mol. The molecule has 0 saturated carbocycles. The van der Waals surface area contributed by atoms with Gasteiger partial charge in [-0.15, -0.1) is 0 Å². The highest BCUT2D eigenvalue weighted by molar-refractivity contribution is 5.87. The minimum Gasteiger partial charge on any atom is -0.632 e. The van der Waals surface area contributed by atoms with Crippen LogP contribution in [0.2, 0.25) is 0 Å². The predicted octanol–water partition coefficient (Wildman–Crippen LogP) is 0.884. The zero-order valence-electron chi connectivity index (χ0n) is 10.8. The molecule has 0 spiro atoms. The first kappa shape index (κ1) is 13.3. The monoisotopic (exact) mass is 253 g/mol. The van der Waals surface area contributed by atoms with E-state index >= 15 is 0 Å². The highest BCUT2D eigenvalue weighted by atomic mass is 16.6. The van der Waals surface area contributed by atoms with Gasteiger partial charge in [0.1, 0.15) is 18.8 Å². The lowest BCUT2D eigenvalue weighted by molar-refractivity contribution is -0.877. The van der Waals surface area contributed by atoms with Crippen LogP contribution in [0, 0.1) is 5.21 Å². The zero-order valence-corrected chi connectivity index (χ0v) is 10.8. The van der Waals surface area contributed by atoms with E-state index in [1.165, 1.54) is 0 Å². The van der Waals surface area contributed by atoms with E-state index in [-0.39, 0.29) is 12.6 Å². The van der Waals surface area contributed by atoms with Crippen LogP contribution in [-0.4, -0.2) is 47.6 Å². The molecule has 2 rings (SSSR count). The summed E-state index contributed by atoms with van der Waals surface area (Å²) in [7, 11) is 0. The third-order valence-electron chi connectivity index (χ3n) is 3.84. The van der Waals surface area contributed by atoms with Crippen LogP contribution in [0.1, 0.15) is 20.3 Å². The molecule has 0 radical (unpaired) electrons. The second-order valence-electron chi connectivity index (χ2n) is 4.99. The Bertz CT molecular complexity index is 415. The molecule has 0 aliphatic carbocycles. The Hall–Kier alpha value is -1.17. The molecule has 100 valence electrons. The minimum atomic E-state index is -0.613. The number of carbonyl (C=O) groups excluding carboxylic acids is 1. The molecule has 0 aromatic rings. The van der Waals surface area contributed by atoms with E-state index in [1.807, 2.05) is 0 Å². The number of aliphatic hydroxyl groups excluding tert-OH is 1. The summed E-state index contributed by atoms with van der Waals surface area (Å²) in [5.74, 6) is -0.373. The Morgan fingerprint density at radius 3 is 3.11 bits per heavy atom. The summed E-state index contributed by atoms with van der Waals surface area (Å²) in [6, 6.07) is -0.441. The molecular formula is C13H19NO4. The number of quaternary nitrogens is 1. The maximum atomic E-state index is 12.3. The average Bonchev–Trinajstić information content (AvgIpc) is 2.83. The molecule has 1 unspecified atom stereocenters. The summed E-state index contributed by atoms with van der Waals surface area (Å²) in [5.41, 5.74) is 1.30. The Kier molecular flexibility index (Phi) is 3.56. The number of hydrogen-bond donors (Lipinski definition) is 1. The molecule has 1 N–H and O–H groups in total. The Labute approximate surface area is 107 Å².